The number of aryl methyl sites for hydroxylation is 1. The minimum absolute atomic E-state index is 0.142. The van der Waals surface area contributed by atoms with Crippen LogP contribution in [0.4, 0.5) is 5.69 Å². The number of likely N-dealkylation sites (tertiary alicyclic amines) is 1. The number of carbonyl (C=O) groups is 1. The van der Waals surface area contributed by atoms with Crippen LogP contribution in [0.2, 0.25) is 0 Å². The number of nitrogens with zero attached hydrogens (tertiary/aromatic N) is 5. The fraction of sp³-hybridized carbons (Fsp3) is 0.318. The van der Waals surface area contributed by atoms with Crippen LogP contribution in [0.1, 0.15) is 34.3 Å². The summed E-state index contributed by atoms with van der Waals surface area (Å²) in [6.45, 7) is 3.61. The second-order valence-corrected chi connectivity index (χ2v) is 8.76. The Balaban J connectivity index is 1.39. The van der Waals surface area contributed by atoms with E-state index in [-0.39, 0.29) is 17.2 Å². The number of benzene rings is 2. The quantitative estimate of drug-likeness (QED) is 0.412. The lowest BCUT2D eigenvalue weighted by molar-refractivity contribution is -0.387. The standard InChI is InChI=1S/C22H24N6O3S/c1-26-15-24-25-22(26)32-20-9-8-18(12-19(20)28(30)31)21(29)23-13-16-4-6-17(7-5-16)14-27-10-2-3-11-27/h4-9,12,15H,2-3,10-11,13-14H2,1H3,(H,23,29). The molecule has 9 nitrogen and oxygen atoms in total. The second kappa shape index (κ2) is 9.92. The maximum absolute atomic E-state index is 12.6. The van der Waals surface area contributed by atoms with E-state index in [1.807, 2.05) is 12.1 Å². The summed E-state index contributed by atoms with van der Waals surface area (Å²) < 4.78 is 1.67. The first kappa shape index (κ1) is 22.0. The summed E-state index contributed by atoms with van der Waals surface area (Å²) >= 11 is 1.13. The maximum Gasteiger partial charge on any atom is 0.284 e. The van der Waals surface area contributed by atoms with Crippen molar-refractivity contribution in [2.24, 2.45) is 7.05 Å². The Morgan fingerprint density at radius 1 is 1.16 bits per heavy atom. The molecule has 1 aliphatic rings. The summed E-state index contributed by atoms with van der Waals surface area (Å²) in [5.74, 6) is -0.357. The van der Waals surface area contributed by atoms with Gasteiger partial charge in [0.1, 0.15) is 6.33 Å². The number of hydrogen-bond donors (Lipinski definition) is 1. The van der Waals surface area contributed by atoms with Crippen LogP contribution in [-0.2, 0) is 20.1 Å². The van der Waals surface area contributed by atoms with Crippen molar-refractivity contribution in [3.05, 3.63) is 75.6 Å². The zero-order valence-corrected chi connectivity index (χ0v) is 18.5. The number of amides is 1. The molecule has 1 saturated heterocycles. The fourth-order valence-electron chi connectivity index (χ4n) is 3.60. The van der Waals surface area contributed by atoms with Gasteiger partial charge in [0, 0.05) is 31.8 Å². The zero-order chi connectivity index (χ0) is 22.5. The Morgan fingerprint density at radius 2 is 1.88 bits per heavy atom. The van der Waals surface area contributed by atoms with Gasteiger partial charge >= 0.3 is 0 Å². The molecular formula is C22H24N6O3S. The summed E-state index contributed by atoms with van der Waals surface area (Å²) in [4.78, 5) is 26.5. The number of carbonyl (C=O) groups excluding carboxylic acids is 1. The molecule has 10 heteroatoms. The lowest BCUT2D eigenvalue weighted by atomic mass is 10.1. The Morgan fingerprint density at radius 3 is 2.53 bits per heavy atom. The van der Waals surface area contributed by atoms with Crippen LogP contribution in [-0.4, -0.2) is 43.6 Å². The van der Waals surface area contributed by atoms with Gasteiger partial charge in [-0.3, -0.25) is 19.8 Å². The van der Waals surface area contributed by atoms with E-state index in [0.717, 1.165) is 37.0 Å². The lowest BCUT2D eigenvalue weighted by Crippen LogP contribution is -2.23. The minimum Gasteiger partial charge on any atom is -0.348 e. The highest BCUT2D eigenvalue weighted by Crippen LogP contribution is 2.34. The average Bonchev–Trinajstić information content (AvgIpc) is 3.45. The Kier molecular flexibility index (Phi) is 6.81. The third-order valence-corrected chi connectivity index (χ3v) is 6.49. The van der Waals surface area contributed by atoms with E-state index in [4.69, 9.17) is 0 Å². The summed E-state index contributed by atoms with van der Waals surface area (Å²) in [6.07, 6.45) is 4.05. The van der Waals surface area contributed by atoms with Crippen molar-refractivity contribution in [3.8, 4) is 0 Å². The van der Waals surface area contributed by atoms with Gasteiger partial charge in [-0.15, -0.1) is 10.2 Å². The molecule has 0 unspecified atom stereocenters. The molecule has 0 spiro atoms. The molecule has 0 radical (unpaired) electrons. The molecule has 0 atom stereocenters. The largest absolute Gasteiger partial charge is 0.348 e. The molecule has 1 fully saturated rings. The predicted octanol–water partition coefficient (Wildman–Crippen LogP) is 3.40. The van der Waals surface area contributed by atoms with Gasteiger partial charge in [0.15, 0.2) is 5.16 Å². The average molecular weight is 453 g/mol. The van der Waals surface area contributed by atoms with Gasteiger partial charge in [0.2, 0.25) is 0 Å². The van der Waals surface area contributed by atoms with Crippen molar-refractivity contribution in [3.63, 3.8) is 0 Å². The topological polar surface area (TPSA) is 106 Å². The predicted molar refractivity (Wildman–Crippen MR) is 120 cm³/mol. The molecule has 0 bridgehead atoms. The maximum atomic E-state index is 12.6. The van der Waals surface area contributed by atoms with Crippen LogP contribution >= 0.6 is 11.8 Å². The van der Waals surface area contributed by atoms with E-state index in [0.29, 0.717) is 16.6 Å². The molecular weight excluding hydrogens is 428 g/mol. The minimum atomic E-state index is -0.491. The van der Waals surface area contributed by atoms with Gasteiger partial charge in [-0.05, 0) is 61.0 Å². The summed E-state index contributed by atoms with van der Waals surface area (Å²) in [7, 11) is 1.76. The van der Waals surface area contributed by atoms with Gasteiger partial charge in [0.05, 0.1) is 9.82 Å². The van der Waals surface area contributed by atoms with E-state index in [2.05, 4.69) is 32.5 Å². The number of hydrogen-bond acceptors (Lipinski definition) is 7. The first-order valence-electron chi connectivity index (χ1n) is 10.4. The van der Waals surface area contributed by atoms with Crippen molar-refractivity contribution < 1.29 is 9.72 Å². The molecule has 32 heavy (non-hydrogen) atoms. The highest BCUT2D eigenvalue weighted by atomic mass is 32.2. The highest BCUT2D eigenvalue weighted by Gasteiger charge is 2.20. The Hall–Kier alpha value is -3.24. The first-order chi connectivity index (χ1) is 15.5. The molecule has 1 amide bonds. The number of aromatic nitrogens is 3. The van der Waals surface area contributed by atoms with Gasteiger partial charge in [-0.1, -0.05) is 24.3 Å². The molecule has 1 aliphatic heterocycles. The highest BCUT2D eigenvalue weighted by molar-refractivity contribution is 7.99. The molecule has 1 N–H and O–H groups in total. The third-order valence-electron chi connectivity index (χ3n) is 5.37. The molecule has 4 rings (SSSR count). The van der Waals surface area contributed by atoms with Crippen LogP contribution < -0.4 is 5.32 Å². The molecule has 1 aromatic heterocycles. The van der Waals surface area contributed by atoms with E-state index >= 15 is 0 Å². The SMILES string of the molecule is Cn1cnnc1Sc1ccc(C(=O)NCc2ccc(CN3CCCC3)cc2)cc1[N+](=O)[O-]. The summed E-state index contributed by atoms with van der Waals surface area (Å²) in [5, 5.41) is 22.6. The molecule has 2 heterocycles. The van der Waals surface area contributed by atoms with Crippen molar-refractivity contribution in [1.82, 2.24) is 25.0 Å². The monoisotopic (exact) mass is 452 g/mol. The molecule has 166 valence electrons. The molecule has 2 aromatic carbocycles. The van der Waals surface area contributed by atoms with Crippen LogP contribution in [0.25, 0.3) is 0 Å². The smallest absolute Gasteiger partial charge is 0.284 e. The van der Waals surface area contributed by atoms with Crippen LogP contribution in [0, 0.1) is 10.1 Å². The Labute approximate surface area is 190 Å². The van der Waals surface area contributed by atoms with Gasteiger partial charge in [-0.2, -0.15) is 0 Å². The van der Waals surface area contributed by atoms with Crippen LogP contribution in [0.5, 0.6) is 0 Å². The van der Waals surface area contributed by atoms with Gasteiger partial charge in [-0.25, -0.2) is 0 Å². The van der Waals surface area contributed by atoms with Crippen LogP contribution in [0.15, 0.2) is 58.8 Å². The number of nitro benzene ring substituents is 1. The van der Waals surface area contributed by atoms with Gasteiger partial charge in [0.25, 0.3) is 11.6 Å². The van der Waals surface area contributed by atoms with E-state index in [9.17, 15) is 14.9 Å². The van der Waals surface area contributed by atoms with Crippen LogP contribution in [0.3, 0.4) is 0 Å². The van der Waals surface area contributed by atoms with Crippen molar-refractivity contribution in [2.75, 3.05) is 13.1 Å². The van der Waals surface area contributed by atoms with Gasteiger partial charge < -0.3 is 9.88 Å². The number of nitrogens with one attached hydrogen (secondary N) is 1. The number of rotatable bonds is 8. The molecule has 0 saturated carbocycles. The summed E-state index contributed by atoms with van der Waals surface area (Å²) in [5.41, 5.74) is 2.34. The van der Waals surface area contributed by atoms with Crippen molar-refractivity contribution in [1.29, 1.82) is 0 Å². The summed E-state index contributed by atoms with van der Waals surface area (Å²) in [6, 6.07) is 12.6. The van der Waals surface area contributed by atoms with E-state index < -0.39 is 4.92 Å². The zero-order valence-electron chi connectivity index (χ0n) is 17.7. The van der Waals surface area contributed by atoms with Crippen molar-refractivity contribution >= 4 is 23.4 Å². The number of nitro groups is 1. The van der Waals surface area contributed by atoms with E-state index in [1.165, 1.54) is 30.8 Å². The normalized spacial score (nSPS) is 13.9. The first-order valence-corrected chi connectivity index (χ1v) is 11.2. The third kappa shape index (κ3) is 5.32. The molecule has 3 aromatic rings. The van der Waals surface area contributed by atoms with E-state index in [1.54, 1.807) is 23.7 Å². The fourth-order valence-corrected chi connectivity index (χ4v) is 4.45. The lowest BCUT2D eigenvalue weighted by Gasteiger charge is -2.14. The second-order valence-electron chi connectivity index (χ2n) is 7.75. The van der Waals surface area contributed by atoms with Crippen molar-refractivity contribution in [2.45, 2.75) is 36.0 Å². The molecule has 0 aliphatic carbocycles. The Bertz CT molecular complexity index is 1110.